The Morgan fingerprint density at radius 2 is 1.84 bits per heavy atom. The highest BCUT2D eigenvalue weighted by Crippen LogP contribution is 2.30. The number of nitrogens with two attached hydrogens (primary N) is 1. The molecular weight excluding hydrogens is 393 g/mol. The monoisotopic (exact) mass is 419 g/mol. The summed E-state index contributed by atoms with van der Waals surface area (Å²) in [4.78, 5) is 0. The Balaban J connectivity index is 1.65. The van der Waals surface area contributed by atoms with Crippen molar-refractivity contribution in [1.29, 1.82) is 0 Å². The number of ether oxygens (including phenoxy) is 2. The Hall–Kier alpha value is -3.38. The average molecular weight is 420 g/mol. The van der Waals surface area contributed by atoms with E-state index in [2.05, 4.69) is 12.0 Å². The minimum atomic E-state index is -0.306. The first-order chi connectivity index (χ1) is 15.1. The van der Waals surface area contributed by atoms with E-state index in [4.69, 9.17) is 15.2 Å². The van der Waals surface area contributed by atoms with Crippen LogP contribution in [0.1, 0.15) is 31.4 Å². The zero-order valence-electron chi connectivity index (χ0n) is 17.7. The number of methoxy groups -OCH3 is 1. The Labute approximate surface area is 181 Å². The van der Waals surface area contributed by atoms with Crippen LogP contribution in [0.25, 0.3) is 16.6 Å². The topological polar surface area (TPSA) is 62.3 Å². The molecule has 0 amide bonds. The van der Waals surface area contributed by atoms with Crippen molar-refractivity contribution in [2.24, 2.45) is 5.73 Å². The highest BCUT2D eigenvalue weighted by atomic mass is 19.1. The number of fused-ring (bicyclic) bond motifs is 1. The molecule has 160 valence electrons. The number of aromatic nitrogens is 2. The van der Waals surface area contributed by atoms with Crippen LogP contribution in [0.2, 0.25) is 0 Å². The van der Waals surface area contributed by atoms with E-state index in [1.54, 1.807) is 30.1 Å². The van der Waals surface area contributed by atoms with E-state index in [0.29, 0.717) is 5.75 Å². The van der Waals surface area contributed by atoms with Gasteiger partial charge in [-0.05, 0) is 66.6 Å². The molecule has 0 saturated carbocycles. The van der Waals surface area contributed by atoms with Gasteiger partial charge in [0.1, 0.15) is 23.4 Å². The molecule has 2 N–H and O–H groups in total. The fraction of sp³-hybridized carbons (Fsp3) is 0.240. The first-order valence-corrected chi connectivity index (χ1v) is 10.4. The summed E-state index contributed by atoms with van der Waals surface area (Å²) >= 11 is 0. The molecule has 0 aliphatic carbocycles. The molecule has 0 spiro atoms. The van der Waals surface area contributed by atoms with Gasteiger partial charge in [-0.3, -0.25) is 0 Å². The lowest BCUT2D eigenvalue weighted by atomic mass is 9.99. The lowest BCUT2D eigenvalue weighted by Gasteiger charge is -2.26. The molecule has 2 unspecified atom stereocenters. The standard InChI is InChI=1S/C25H26FN3O2/c1-3-5-23(27)25(17-6-4-7-21(14-17)30-2)31-22-12-13-24-18(15-22)16-28-29(24)20-10-8-19(26)9-11-20/h4,6-16,23,25H,3,5,27H2,1-2H3. The van der Waals surface area contributed by atoms with Gasteiger partial charge >= 0.3 is 0 Å². The summed E-state index contributed by atoms with van der Waals surface area (Å²) in [7, 11) is 1.65. The van der Waals surface area contributed by atoms with E-state index >= 15 is 0 Å². The first-order valence-electron chi connectivity index (χ1n) is 10.4. The maximum absolute atomic E-state index is 13.3. The fourth-order valence-electron chi connectivity index (χ4n) is 3.72. The van der Waals surface area contributed by atoms with E-state index in [1.807, 2.05) is 42.5 Å². The van der Waals surface area contributed by atoms with Crippen LogP contribution < -0.4 is 15.2 Å². The van der Waals surface area contributed by atoms with Crippen molar-refractivity contribution in [2.45, 2.75) is 31.9 Å². The van der Waals surface area contributed by atoms with Gasteiger partial charge in [-0.1, -0.05) is 25.5 Å². The van der Waals surface area contributed by atoms with Crippen LogP contribution in [-0.2, 0) is 0 Å². The Morgan fingerprint density at radius 1 is 1.03 bits per heavy atom. The molecule has 0 saturated heterocycles. The number of rotatable bonds is 8. The normalized spacial score (nSPS) is 13.2. The number of hydrogen-bond acceptors (Lipinski definition) is 4. The predicted octanol–water partition coefficient (Wildman–Crippen LogP) is 5.42. The second kappa shape index (κ2) is 9.18. The quantitative estimate of drug-likeness (QED) is 0.414. The molecule has 0 bridgehead atoms. The minimum absolute atomic E-state index is 0.158. The van der Waals surface area contributed by atoms with Gasteiger partial charge in [0.25, 0.3) is 0 Å². The van der Waals surface area contributed by atoms with Gasteiger partial charge < -0.3 is 15.2 Å². The van der Waals surface area contributed by atoms with E-state index in [0.717, 1.165) is 40.7 Å². The molecule has 31 heavy (non-hydrogen) atoms. The van der Waals surface area contributed by atoms with Gasteiger partial charge in [-0.15, -0.1) is 0 Å². The summed E-state index contributed by atoms with van der Waals surface area (Å²) in [6.07, 6.45) is 3.28. The van der Waals surface area contributed by atoms with Gasteiger partial charge in [0, 0.05) is 11.4 Å². The van der Waals surface area contributed by atoms with E-state index in [9.17, 15) is 4.39 Å². The average Bonchev–Trinajstić information content (AvgIpc) is 3.21. The van der Waals surface area contributed by atoms with Crippen molar-refractivity contribution in [1.82, 2.24) is 9.78 Å². The lowest BCUT2D eigenvalue weighted by Crippen LogP contribution is -2.32. The van der Waals surface area contributed by atoms with E-state index in [1.165, 1.54) is 12.1 Å². The number of hydrogen-bond donors (Lipinski definition) is 1. The Kier molecular flexibility index (Phi) is 6.18. The predicted molar refractivity (Wildman–Crippen MR) is 120 cm³/mol. The van der Waals surface area contributed by atoms with Crippen LogP contribution >= 0.6 is 0 Å². The van der Waals surface area contributed by atoms with Crippen LogP contribution in [0.15, 0.2) is 72.9 Å². The van der Waals surface area contributed by atoms with E-state index < -0.39 is 0 Å². The lowest BCUT2D eigenvalue weighted by molar-refractivity contribution is 0.168. The highest BCUT2D eigenvalue weighted by Gasteiger charge is 2.22. The summed E-state index contributed by atoms with van der Waals surface area (Å²) in [5.74, 6) is 1.21. The van der Waals surface area contributed by atoms with Crippen molar-refractivity contribution in [2.75, 3.05) is 7.11 Å². The third-order valence-electron chi connectivity index (χ3n) is 5.31. The van der Waals surface area contributed by atoms with Gasteiger partial charge in [0.2, 0.25) is 0 Å². The van der Waals surface area contributed by atoms with Crippen LogP contribution in [-0.4, -0.2) is 22.9 Å². The largest absolute Gasteiger partial charge is 0.497 e. The summed E-state index contributed by atoms with van der Waals surface area (Å²) < 4.78 is 26.8. The zero-order chi connectivity index (χ0) is 21.8. The summed E-state index contributed by atoms with van der Waals surface area (Å²) in [6, 6.07) is 19.7. The maximum Gasteiger partial charge on any atom is 0.139 e. The molecule has 0 radical (unpaired) electrons. The van der Waals surface area contributed by atoms with Gasteiger partial charge in [0.15, 0.2) is 0 Å². The summed E-state index contributed by atoms with van der Waals surface area (Å²) in [6.45, 7) is 2.11. The zero-order valence-corrected chi connectivity index (χ0v) is 17.7. The summed E-state index contributed by atoms with van der Waals surface area (Å²) in [5.41, 5.74) is 9.17. The maximum atomic E-state index is 13.3. The molecular formula is C25H26FN3O2. The molecule has 5 nitrogen and oxygen atoms in total. The van der Waals surface area contributed by atoms with Crippen LogP contribution in [0.3, 0.4) is 0 Å². The molecule has 1 heterocycles. The first kappa shape index (κ1) is 20.9. The van der Waals surface area contributed by atoms with Crippen molar-refractivity contribution in [3.63, 3.8) is 0 Å². The molecule has 2 atom stereocenters. The smallest absolute Gasteiger partial charge is 0.139 e. The minimum Gasteiger partial charge on any atom is -0.497 e. The molecule has 0 aliphatic rings. The van der Waals surface area contributed by atoms with Crippen molar-refractivity contribution in [3.8, 4) is 17.2 Å². The van der Waals surface area contributed by atoms with Gasteiger partial charge in [-0.2, -0.15) is 5.10 Å². The number of benzene rings is 3. The second-order valence-electron chi connectivity index (χ2n) is 7.52. The Morgan fingerprint density at radius 3 is 2.58 bits per heavy atom. The fourth-order valence-corrected chi connectivity index (χ4v) is 3.72. The molecule has 6 heteroatoms. The van der Waals surface area contributed by atoms with Gasteiger partial charge in [-0.25, -0.2) is 9.07 Å². The van der Waals surface area contributed by atoms with Crippen molar-refractivity contribution >= 4 is 10.9 Å². The van der Waals surface area contributed by atoms with Crippen molar-refractivity contribution < 1.29 is 13.9 Å². The molecule has 3 aromatic carbocycles. The number of halogens is 1. The van der Waals surface area contributed by atoms with Gasteiger partial charge in [0.05, 0.1) is 24.5 Å². The molecule has 4 aromatic rings. The highest BCUT2D eigenvalue weighted by molar-refractivity contribution is 5.81. The van der Waals surface area contributed by atoms with Crippen LogP contribution in [0.5, 0.6) is 11.5 Å². The van der Waals surface area contributed by atoms with E-state index in [-0.39, 0.29) is 18.0 Å². The third kappa shape index (κ3) is 4.54. The third-order valence-corrected chi connectivity index (χ3v) is 5.31. The molecule has 0 fully saturated rings. The van der Waals surface area contributed by atoms with Crippen LogP contribution in [0.4, 0.5) is 4.39 Å². The van der Waals surface area contributed by atoms with Crippen molar-refractivity contribution in [3.05, 3.63) is 84.3 Å². The SMILES string of the molecule is CCCC(N)C(Oc1ccc2c(cnn2-c2ccc(F)cc2)c1)c1cccc(OC)c1. The second-order valence-corrected chi connectivity index (χ2v) is 7.52. The Bertz CT molecular complexity index is 1160. The summed E-state index contributed by atoms with van der Waals surface area (Å²) in [5, 5.41) is 5.38. The number of nitrogens with zero attached hydrogens (tertiary/aromatic N) is 2. The molecule has 4 rings (SSSR count). The molecule has 0 aliphatic heterocycles. The molecule has 1 aromatic heterocycles. The van der Waals surface area contributed by atoms with Crippen LogP contribution in [0, 0.1) is 5.82 Å².